The number of nitrogens with zero attached hydrogens (tertiary/aromatic N) is 3. The largest absolute Gasteiger partial charge is 0.461 e. The van der Waals surface area contributed by atoms with Crippen molar-refractivity contribution in [1.29, 1.82) is 0 Å². The lowest BCUT2D eigenvalue weighted by molar-refractivity contribution is -0.147. The molecule has 2 unspecified atom stereocenters. The van der Waals surface area contributed by atoms with Crippen molar-refractivity contribution in [2.75, 3.05) is 58.9 Å². The zero-order valence-corrected chi connectivity index (χ0v) is 27.4. The van der Waals surface area contributed by atoms with Crippen LogP contribution in [0.25, 0.3) is 0 Å². The number of likely N-dealkylation sites (N-methyl/N-ethyl adjacent to an activating group) is 2. The smallest absolute Gasteiger partial charge is 0.307 e. The van der Waals surface area contributed by atoms with Gasteiger partial charge in [0.2, 0.25) is 0 Å². The third kappa shape index (κ3) is 14.6. The summed E-state index contributed by atoms with van der Waals surface area (Å²) >= 11 is 0. The fraction of sp³-hybridized carbons (Fsp3) is 0.576. The third-order valence-electron chi connectivity index (χ3n) is 7.42. The second-order valence-corrected chi connectivity index (χ2v) is 14.9. The van der Waals surface area contributed by atoms with E-state index in [1.807, 2.05) is 74.0 Å². The minimum atomic E-state index is -2.29. The van der Waals surface area contributed by atoms with E-state index in [4.69, 9.17) is 9.47 Å². The van der Waals surface area contributed by atoms with E-state index in [9.17, 15) is 14.2 Å². The Hall–Kier alpha value is -2.51. The van der Waals surface area contributed by atoms with Crippen LogP contribution >= 0.6 is 7.14 Å². The summed E-state index contributed by atoms with van der Waals surface area (Å²) in [6.07, 6.45) is 1.17. The van der Waals surface area contributed by atoms with E-state index in [-0.39, 0.29) is 37.2 Å². The van der Waals surface area contributed by atoms with Gasteiger partial charge >= 0.3 is 11.9 Å². The molecule has 2 aromatic carbocycles. The van der Waals surface area contributed by atoms with Crippen LogP contribution in [0.4, 0.5) is 0 Å². The Morgan fingerprint density at radius 3 is 1.40 bits per heavy atom. The van der Waals surface area contributed by atoms with Crippen LogP contribution in [0, 0.1) is 0 Å². The number of ether oxygens (including phenoxy) is 2. The van der Waals surface area contributed by atoms with Crippen LogP contribution in [0.2, 0.25) is 0 Å². The van der Waals surface area contributed by atoms with Crippen LogP contribution in [0.5, 0.6) is 0 Å². The van der Waals surface area contributed by atoms with Gasteiger partial charge in [0.25, 0.3) is 0 Å². The van der Waals surface area contributed by atoms with Crippen molar-refractivity contribution in [1.82, 2.24) is 14.7 Å². The molecule has 0 radical (unpaired) electrons. The highest BCUT2D eigenvalue weighted by Crippen LogP contribution is 2.36. The summed E-state index contributed by atoms with van der Waals surface area (Å²) in [6.45, 7) is 17.1. The minimum Gasteiger partial charge on any atom is -0.461 e. The molecule has 8 nitrogen and oxygen atoms in total. The number of esters is 2. The lowest BCUT2D eigenvalue weighted by Gasteiger charge is -2.33. The van der Waals surface area contributed by atoms with E-state index in [1.165, 1.54) is 0 Å². The highest BCUT2D eigenvalue weighted by Gasteiger charge is 2.22. The van der Waals surface area contributed by atoms with Crippen molar-refractivity contribution in [3.8, 4) is 0 Å². The first-order chi connectivity index (χ1) is 20.0. The topological polar surface area (TPSA) is 79.4 Å². The number of carbonyl (C=O) groups excluding carboxylic acids is 2. The van der Waals surface area contributed by atoms with Crippen molar-refractivity contribution >= 4 is 19.1 Å². The van der Waals surface area contributed by atoms with E-state index < -0.39 is 7.14 Å². The van der Waals surface area contributed by atoms with Crippen molar-refractivity contribution in [2.24, 2.45) is 0 Å². The number of carbonyl (C=O) groups is 2. The zero-order valence-electron chi connectivity index (χ0n) is 26.5. The van der Waals surface area contributed by atoms with Crippen molar-refractivity contribution in [3.05, 3.63) is 71.8 Å². The fourth-order valence-electron chi connectivity index (χ4n) is 4.99. The molecule has 0 bridgehead atoms. The molecule has 42 heavy (non-hydrogen) atoms. The first-order valence-corrected chi connectivity index (χ1v) is 17.9. The summed E-state index contributed by atoms with van der Waals surface area (Å²) in [4.78, 5) is 31.8. The van der Waals surface area contributed by atoms with Gasteiger partial charge in [-0.3, -0.25) is 24.3 Å². The molecule has 0 spiro atoms. The molecule has 0 aliphatic heterocycles. The zero-order chi connectivity index (χ0) is 31.0. The third-order valence-corrected chi connectivity index (χ3v) is 8.50. The molecule has 2 rings (SSSR count). The number of hydrogen-bond donors (Lipinski definition) is 0. The van der Waals surface area contributed by atoms with Crippen LogP contribution < -0.4 is 0 Å². The Balaban J connectivity index is 1.85. The van der Waals surface area contributed by atoms with Crippen LogP contribution in [-0.4, -0.2) is 97.6 Å². The Kier molecular flexibility index (Phi) is 16.1. The molecule has 234 valence electrons. The molecule has 0 saturated carbocycles. The number of rotatable bonds is 20. The fourth-order valence-corrected chi connectivity index (χ4v) is 6.24. The van der Waals surface area contributed by atoms with E-state index in [1.54, 1.807) is 0 Å². The van der Waals surface area contributed by atoms with Crippen molar-refractivity contribution in [3.63, 3.8) is 0 Å². The Morgan fingerprint density at radius 1 is 0.690 bits per heavy atom. The van der Waals surface area contributed by atoms with Gasteiger partial charge in [0.1, 0.15) is 13.2 Å². The normalized spacial score (nSPS) is 13.4. The molecule has 0 heterocycles. The van der Waals surface area contributed by atoms with Gasteiger partial charge < -0.3 is 14.0 Å². The molecular weight excluding hydrogens is 549 g/mol. The van der Waals surface area contributed by atoms with Crippen LogP contribution in [0.1, 0.15) is 51.7 Å². The predicted molar refractivity (Wildman–Crippen MR) is 171 cm³/mol. The van der Waals surface area contributed by atoms with Gasteiger partial charge in [0.15, 0.2) is 0 Å². The quantitative estimate of drug-likeness (QED) is 0.144. The highest BCUT2D eigenvalue weighted by molar-refractivity contribution is 7.62. The molecule has 0 aromatic heterocycles. The predicted octanol–water partition coefficient (Wildman–Crippen LogP) is 5.56. The molecule has 0 saturated heterocycles. The molecule has 0 N–H and O–H groups in total. The molecule has 0 amide bonds. The van der Waals surface area contributed by atoms with Gasteiger partial charge in [-0.05, 0) is 51.4 Å². The second kappa shape index (κ2) is 18.9. The summed E-state index contributed by atoms with van der Waals surface area (Å²) < 4.78 is 23.8. The first kappa shape index (κ1) is 35.7. The Bertz CT molecular complexity index is 1020. The van der Waals surface area contributed by atoms with Crippen LogP contribution in [0.3, 0.4) is 0 Å². The maximum Gasteiger partial charge on any atom is 0.307 e. The van der Waals surface area contributed by atoms with Gasteiger partial charge in [-0.15, -0.1) is 0 Å². The highest BCUT2D eigenvalue weighted by atomic mass is 31.2. The van der Waals surface area contributed by atoms with Gasteiger partial charge in [-0.2, -0.15) is 0 Å². The van der Waals surface area contributed by atoms with Crippen LogP contribution in [0.15, 0.2) is 60.7 Å². The molecule has 0 aliphatic rings. The number of hydrogen-bond acceptors (Lipinski definition) is 8. The van der Waals surface area contributed by atoms with Gasteiger partial charge in [-0.1, -0.05) is 74.5 Å². The van der Waals surface area contributed by atoms with Crippen LogP contribution in [-0.2, 0) is 36.8 Å². The lowest BCUT2D eigenvalue weighted by Crippen LogP contribution is -2.44. The summed E-state index contributed by atoms with van der Waals surface area (Å²) in [6, 6.07) is 19.5. The molecule has 2 aromatic rings. The second-order valence-electron chi connectivity index (χ2n) is 11.5. The SMILES string of the molecule is CCN(CCN(CCN(CC)C(C)CC(=O)OCc1ccccc1)CP(C)(C)=O)C(C)CC(=O)OCc1ccccc1. The maximum absolute atomic E-state index is 12.8. The average molecular weight is 602 g/mol. The summed E-state index contributed by atoms with van der Waals surface area (Å²) in [7, 11) is -2.29. The monoisotopic (exact) mass is 601 g/mol. The summed E-state index contributed by atoms with van der Waals surface area (Å²) in [5, 5.41) is 0. The molecule has 2 atom stereocenters. The molecule has 0 fully saturated rings. The summed E-state index contributed by atoms with van der Waals surface area (Å²) in [5.41, 5.74) is 1.95. The summed E-state index contributed by atoms with van der Waals surface area (Å²) in [5.74, 6) is -0.411. The Labute approximate surface area is 253 Å². The van der Waals surface area contributed by atoms with Gasteiger partial charge in [0.05, 0.1) is 26.3 Å². The average Bonchev–Trinajstić information content (AvgIpc) is 2.95. The Morgan fingerprint density at radius 2 is 1.07 bits per heavy atom. The van der Waals surface area contributed by atoms with Crippen molar-refractivity contribution in [2.45, 2.75) is 65.8 Å². The molecule has 9 heteroatoms. The number of benzene rings is 2. The van der Waals surface area contributed by atoms with Gasteiger partial charge in [0, 0.05) is 38.3 Å². The van der Waals surface area contributed by atoms with E-state index in [0.717, 1.165) is 50.4 Å². The minimum absolute atomic E-state index is 0.0317. The van der Waals surface area contributed by atoms with Gasteiger partial charge in [-0.25, -0.2) is 0 Å². The van der Waals surface area contributed by atoms with Crippen molar-refractivity contribution < 1.29 is 23.6 Å². The lowest BCUT2D eigenvalue weighted by atomic mass is 10.2. The van der Waals surface area contributed by atoms with E-state index in [2.05, 4.69) is 42.4 Å². The molecule has 0 aliphatic carbocycles. The standard InChI is InChI=1S/C33H52N3O5P/c1-7-35(28(3)23-32(37)40-25-30-15-11-9-12-16-30)21-19-34(27-42(5,6)39)20-22-36(8-2)29(4)24-33(38)41-26-31-17-13-10-14-18-31/h9-18,28-29H,7-8,19-27H2,1-6H3. The first-order valence-electron chi connectivity index (χ1n) is 15.1. The van der Waals surface area contributed by atoms with E-state index in [0.29, 0.717) is 19.1 Å². The van der Waals surface area contributed by atoms with E-state index >= 15 is 0 Å². The molecular formula is C33H52N3O5P. The maximum atomic E-state index is 12.8.